The minimum absolute atomic E-state index is 0.0988. The predicted molar refractivity (Wildman–Crippen MR) is 96.6 cm³/mol. The van der Waals surface area contributed by atoms with Crippen molar-refractivity contribution in [1.82, 2.24) is 0 Å². The van der Waals surface area contributed by atoms with Gasteiger partial charge in [0.05, 0.1) is 0 Å². The molecule has 1 unspecified atom stereocenters. The first-order valence-corrected chi connectivity index (χ1v) is 9.24. The molecule has 3 rings (SSSR count). The Balaban J connectivity index is 1.97. The number of primary sulfonamides is 1. The van der Waals surface area contributed by atoms with Gasteiger partial charge in [-0.05, 0) is 34.9 Å². The molecule has 0 bridgehead atoms. The minimum Gasteiger partial charge on any atom is -0.224 e. The first-order chi connectivity index (χ1) is 11.8. The van der Waals surface area contributed by atoms with Gasteiger partial charge in [-0.3, -0.25) is 0 Å². The Morgan fingerprint density at radius 2 is 1.64 bits per heavy atom. The number of hydrogen-bond acceptors (Lipinski definition) is 3. The number of benzene rings is 2. The van der Waals surface area contributed by atoms with Crippen LogP contribution < -0.4 is 5.14 Å². The average molecular weight is 377 g/mol. The average Bonchev–Trinajstić information content (AvgIpc) is 2.53. The maximum atomic E-state index is 14.0. The zero-order valence-corrected chi connectivity index (χ0v) is 14.5. The second-order valence-electron chi connectivity index (χ2n) is 5.56. The summed E-state index contributed by atoms with van der Waals surface area (Å²) in [7, 11) is -4.48. The van der Waals surface area contributed by atoms with Crippen LogP contribution in [0.2, 0.25) is 0 Å². The fourth-order valence-corrected chi connectivity index (χ4v) is 3.70. The van der Waals surface area contributed by atoms with Crippen molar-refractivity contribution in [2.75, 3.05) is 0 Å². The lowest BCUT2D eigenvalue weighted by molar-refractivity contribution is 0.519. The zero-order valence-electron chi connectivity index (χ0n) is 12.8. The quantitative estimate of drug-likeness (QED) is 0.830. The third-order valence-corrected chi connectivity index (χ3v) is 5.18. The van der Waals surface area contributed by atoms with Gasteiger partial charge in [0.25, 0.3) is 0 Å². The summed E-state index contributed by atoms with van der Waals surface area (Å²) in [6.07, 6.45) is 5.20. The molecule has 0 saturated carbocycles. The van der Waals surface area contributed by atoms with Crippen LogP contribution in [0.25, 0.3) is 5.57 Å². The molecule has 1 aliphatic carbocycles. The van der Waals surface area contributed by atoms with E-state index in [0.29, 0.717) is 10.4 Å². The lowest BCUT2D eigenvalue weighted by Crippen LogP contribution is -2.16. The third-order valence-electron chi connectivity index (χ3n) is 3.85. The first-order valence-electron chi connectivity index (χ1n) is 7.28. The van der Waals surface area contributed by atoms with Crippen molar-refractivity contribution in [3.05, 3.63) is 83.5 Å². The Hall–Kier alpha value is -2.22. The van der Waals surface area contributed by atoms with Crippen molar-refractivity contribution in [3.8, 4) is 0 Å². The van der Waals surface area contributed by atoms with E-state index in [1.54, 1.807) is 12.2 Å². The first kappa shape index (κ1) is 17.6. The molecule has 0 radical (unpaired) electrons. The molecular weight excluding hydrogens is 364 g/mol. The Bertz CT molecular complexity index is 990. The van der Waals surface area contributed by atoms with E-state index in [-0.39, 0.29) is 11.5 Å². The van der Waals surface area contributed by atoms with E-state index in [2.05, 4.69) is 0 Å². The lowest BCUT2D eigenvalue weighted by atomic mass is 9.88. The summed E-state index contributed by atoms with van der Waals surface area (Å²) in [5.41, 5.74) is 1.70. The minimum atomic E-state index is -4.48. The van der Waals surface area contributed by atoms with Gasteiger partial charge in [-0.15, -0.1) is 0 Å². The molecule has 0 heterocycles. The molecule has 0 amide bonds. The molecule has 0 saturated heterocycles. The van der Waals surface area contributed by atoms with Crippen molar-refractivity contribution in [3.63, 3.8) is 0 Å². The smallest absolute Gasteiger partial charge is 0.224 e. The van der Waals surface area contributed by atoms with E-state index in [1.165, 1.54) is 0 Å². The van der Waals surface area contributed by atoms with E-state index >= 15 is 0 Å². The molecule has 3 nitrogen and oxygen atoms in total. The van der Waals surface area contributed by atoms with Gasteiger partial charge in [0, 0.05) is 10.8 Å². The molecule has 7 heteroatoms. The fourth-order valence-electron chi connectivity index (χ4n) is 2.70. The Morgan fingerprint density at radius 1 is 1.04 bits per heavy atom. The molecular formula is C18H13F2NO2S2. The molecule has 0 aliphatic heterocycles. The summed E-state index contributed by atoms with van der Waals surface area (Å²) < 4.78 is 50.6. The molecule has 0 fully saturated rings. The van der Waals surface area contributed by atoms with Gasteiger partial charge < -0.3 is 0 Å². The number of hydrogen-bond donors (Lipinski definition) is 1. The highest BCUT2D eigenvalue weighted by Crippen LogP contribution is 2.31. The summed E-state index contributed by atoms with van der Waals surface area (Å²) in [5, 5.41) is 4.83. The van der Waals surface area contributed by atoms with Gasteiger partial charge in [-0.1, -0.05) is 54.7 Å². The van der Waals surface area contributed by atoms with E-state index < -0.39 is 26.6 Å². The van der Waals surface area contributed by atoms with Crippen LogP contribution in [0.1, 0.15) is 17.0 Å². The van der Waals surface area contributed by atoms with Crippen LogP contribution in [-0.2, 0) is 10.0 Å². The van der Waals surface area contributed by atoms with Crippen LogP contribution in [-0.4, -0.2) is 13.3 Å². The second kappa shape index (κ2) is 6.59. The van der Waals surface area contributed by atoms with Crippen LogP contribution in [0.15, 0.2) is 65.6 Å². The maximum absolute atomic E-state index is 14.0. The van der Waals surface area contributed by atoms with Crippen molar-refractivity contribution in [2.24, 2.45) is 5.14 Å². The summed E-state index contributed by atoms with van der Waals surface area (Å²) in [5.74, 6) is -2.57. The standard InChI is InChI=1S/C18H13F2NO2S2/c19-15-8-13(9-16(20)18(15)25(21,22)23)12-6-7-14(17(24)10-12)11-4-2-1-3-5-11/h1-10,14H,(H2,21,22,23). The largest absolute Gasteiger partial charge is 0.243 e. The van der Waals surface area contributed by atoms with Crippen LogP contribution in [0.4, 0.5) is 8.78 Å². The number of allylic oxidation sites excluding steroid dienone is 4. The topological polar surface area (TPSA) is 60.2 Å². The predicted octanol–water partition coefficient (Wildman–Crippen LogP) is 3.72. The zero-order chi connectivity index (χ0) is 18.2. The maximum Gasteiger partial charge on any atom is 0.243 e. The van der Waals surface area contributed by atoms with Gasteiger partial charge in [-0.25, -0.2) is 22.3 Å². The second-order valence-corrected chi connectivity index (χ2v) is 7.53. The van der Waals surface area contributed by atoms with Gasteiger partial charge in [-0.2, -0.15) is 0 Å². The number of nitrogens with two attached hydrogens (primary N) is 1. The number of sulfonamides is 1. The lowest BCUT2D eigenvalue weighted by Gasteiger charge is -2.18. The molecule has 0 spiro atoms. The highest BCUT2D eigenvalue weighted by Gasteiger charge is 2.23. The van der Waals surface area contributed by atoms with Crippen LogP contribution in [0.3, 0.4) is 0 Å². The van der Waals surface area contributed by atoms with Crippen LogP contribution >= 0.6 is 12.2 Å². The highest BCUT2D eigenvalue weighted by molar-refractivity contribution is 7.89. The molecule has 1 atom stereocenters. The summed E-state index contributed by atoms with van der Waals surface area (Å²) in [4.78, 5) is -0.540. The van der Waals surface area contributed by atoms with Crippen LogP contribution in [0, 0.1) is 11.6 Å². The molecule has 25 heavy (non-hydrogen) atoms. The highest BCUT2D eigenvalue weighted by atomic mass is 32.2. The third kappa shape index (κ3) is 3.58. The van der Waals surface area contributed by atoms with Crippen molar-refractivity contribution < 1.29 is 17.2 Å². The molecule has 128 valence electrons. The Kier molecular flexibility index (Phi) is 4.64. The van der Waals surface area contributed by atoms with Crippen molar-refractivity contribution in [1.29, 1.82) is 0 Å². The molecule has 1 aliphatic rings. The number of rotatable bonds is 3. The van der Waals surface area contributed by atoms with Crippen molar-refractivity contribution in [2.45, 2.75) is 10.8 Å². The molecule has 2 aromatic carbocycles. The van der Waals surface area contributed by atoms with Gasteiger partial charge in [0.15, 0.2) is 4.90 Å². The van der Waals surface area contributed by atoms with Crippen LogP contribution in [0.5, 0.6) is 0 Å². The van der Waals surface area contributed by atoms with Gasteiger partial charge in [0.1, 0.15) is 11.6 Å². The van der Waals surface area contributed by atoms with E-state index in [4.69, 9.17) is 17.4 Å². The fraction of sp³-hybridized carbons (Fsp3) is 0.0556. The van der Waals surface area contributed by atoms with Crippen molar-refractivity contribution >= 4 is 32.7 Å². The molecule has 0 aromatic heterocycles. The summed E-state index contributed by atoms with van der Waals surface area (Å²) in [6.45, 7) is 0. The van der Waals surface area contributed by atoms with Gasteiger partial charge >= 0.3 is 0 Å². The Labute approximate surface area is 149 Å². The van der Waals surface area contributed by atoms with E-state index in [1.807, 2.05) is 36.4 Å². The Morgan fingerprint density at radius 3 is 2.16 bits per heavy atom. The van der Waals surface area contributed by atoms with E-state index in [9.17, 15) is 17.2 Å². The molecule has 2 aromatic rings. The van der Waals surface area contributed by atoms with E-state index in [0.717, 1.165) is 17.7 Å². The summed E-state index contributed by atoms with van der Waals surface area (Å²) >= 11 is 5.41. The number of thiocarbonyl (C=S) groups is 1. The molecule has 2 N–H and O–H groups in total. The monoisotopic (exact) mass is 377 g/mol. The SMILES string of the molecule is NS(=O)(=O)c1c(F)cc(C2=CC(=S)C(c3ccccc3)C=C2)cc1F. The van der Waals surface area contributed by atoms with Gasteiger partial charge in [0.2, 0.25) is 10.0 Å². The number of halogens is 2. The summed E-state index contributed by atoms with van der Waals surface area (Å²) in [6, 6.07) is 11.5. The normalized spacial score (nSPS) is 17.5.